The fourth-order valence-electron chi connectivity index (χ4n) is 2.39. The number of alkyl halides is 2. The highest BCUT2D eigenvalue weighted by molar-refractivity contribution is 8.00. The van der Waals surface area contributed by atoms with Crippen molar-refractivity contribution in [2.75, 3.05) is 16.4 Å². The van der Waals surface area contributed by atoms with Gasteiger partial charge in [-0.05, 0) is 42.5 Å². The Balaban J connectivity index is 1.56. The van der Waals surface area contributed by atoms with E-state index in [-0.39, 0.29) is 17.6 Å². The van der Waals surface area contributed by atoms with E-state index in [0.717, 1.165) is 0 Å². The van der Waals surface area contributed by atoms with Crippen LogP contribution in [0.1, 0.15) is 10.4 Å². The Hall–Kier alpha value is -2.92. The Labute approximate surface area is 179 Å². The van der Waals surface area contributed by atoms with Crippen LogP contribution in [-0.2, 0) is 11.8 Å². The summed E-state index contributed by atoms with van der Waals surface area (Å²) in [5.41, 5.74) is 1.31. The van der Waals surface area contributed by atoms with Gasteiger partial charge in [0.15, 0.2) is 5.16 Å². The van der Waals surface area contributed by atoms with E-state index in [1.807, 2.05) is 0 Å². The van der Waals surface area contributed by atoms with Gasteiger partial charge >= 0.3 is 0 Å². The van der Waals surface area contributed by atoms with Crippen molar-refractivity contribution in [3.8, 4) is 0 Å². The third kappa shape index (κ3) is 6.29. The molecule has 2 amide bonds. The van der Waals surface area contributed by atoms with E-state index in [1.165, 1.54) is 23.9 Å². The van der Waals surface area contributed by atoms with Crippen molar-refractivity contribution in [3.63, 3.8) is 0 Å². The average Bonchev–Trinajstić information content (AvgIpc) is 3.12. The number of carbonyl (C=O) groups excluding carboxylic acids is 2. The Kier molecular flexibility index (Phi) is 7.41. The van der Waals surface area contributed by atoms with E-state index in [2.05, 4.69) is 20.8 Å². The van der Waals surface area contributed by atoms with E-state index in [4.69, 9.17) is 0 Å². The van der Waals surface area contributed by atoms with Crippen molar-refractivity contribution in [1.82, 2.24) is 14.8 Å². The maximum Gasteiger partial charge on any atom is 0.288 e. The maximum absolute atomic E-state index is 12.5. The summed E-state index contributed by atoms with van der Waals surface area (Å²) in [6.07, 6.45) is 1.55. The highest BCUT2D eigenvalue weighted by Crippen LogP contribution is 2.26. The molecule has 0 aliphatic carbocycles. The third-order valence-corrected chi connectivity index (χ3v) is 5.50. The van der Waals surface area contributed by atoms with Gasteiger partial charge in [-0.3, -0.25) is 9.59 Å². The van der Waals surface area contributed by atoms with Gasteiger partial charge in [-0.1, -0.05) is 29.6 Å². The minimum Gasteiger partial charge on any atom is -0.325 e. The molecule has 11 heteroatoms. The molecule has 2 N–H and O–H groups in total. The minimum absolute atomic E-state index is 0.145. The molecule has 0 fully saturated rings. The molecule has 0 saturated heterocycles. The Bertz CT molecular complexity index is 1030. The molecule has 0 atom stereocenters. The first kappa shape index (κ1) is 21.8. The predicted octanol–water partition coefficient (Wildman–Crippen LogP) is 4.11. The Morgan fingerprint density at radius 3 is 2.53 bits per heavy atom. The molecule has 1 aromatic heterocycles. The number of amides is 2. The summed E-state index contributed by atoms with van der Waals surface area (Å²) in [6.45, 7) is 0. The first-order chi connectivity index (χ1) is 14.4. The summed E-state index contributed by atoms with van der Waals surface area (Å²) in [7, 11) is 1.79. The minimum atomic E-state index is -2.50. The highest BCUT2D eigenvalue weighted by Gasteiger charge is 2.11. The number of nitrogens with zero attached hydrogens (tertiary/aromatic N) is 3. The van der Waals surface area contributed by atoms with Gasteiger partial charge in [0.25, 0.3) is 11.7 Å². The number of hydrogen-bond donors (Lipinski definition) is 2. The Morgan fingerprint density at radius 1 is 1.10 bits per heavy atom. The van der Waals surface area contributed by atoms with Crippen LogP contribution < -0.4 is 10.6 Å². The van der Waals surface area contributed by atoms with Crippen molar-refractivity contribution in [1.29, 1.82) is 0 Å². The topological polar surface area (TPSA) is 88.9 Å². The van der Waals surface area contributed by atoms with Gasteiger partial charge < -0.3 is 15.2 Å². The summed E-state index contributed by atoms with van der Waals surface area (Å²) in [4.78, 5) is 25.0. The SMILES string of the molecule is Cn1cnnc1SCC(=O)Nc1cccc(C(=O)Nc2ccc(SC(F)F)cc2)c1. The van der Waals surface area contributed by atoms with Gasteiger partial charge in [-0.2, -0.15) is 8.78 Å². The molecule has 0 aliphatic rings. The number of anilines is 2. The number of benzene rings is 2. The smallest absolute Gasteiger partial charge is 0.288 e. The molecule has 3 rings (SSSR count). The second kappa shape index (κ2) is 10.2. The zero-order chi connectivity index (χ0) is 21.5. The molecule has 0 radical (unpaired) electrons. The van der Waals surface area contributed by atoms with Gasteiger partial charge in [0.1, 0.15) is 6.33 Å². The summed E-state index contributed by atoms with van der Waals surface area (Å²) in [5.74, 6) is -2.98. The van der Waals surface area contributed by atoms with E-state index in [0.29, 0.717) is 38.8 Å². The van der Waals surface area contributed by atoms with Gasteiger partial charge in [-0.15, -0.1) is 10.2 Å². The molecule has 0 aliphatic heterocycles. The van der Waals surface area contributed by atoms with Gasteiger partial charge in [0, 0.05) is 28.9 Å². The normalized spacial score (nSPS) is 10.8. The van der Waals surface area contributed by atoms with Gasteiger partial charge in [0.2, 0.25) is 5.91 Å². The molecule has 3 aromatic rings. The van der Waals surface area contributed by atoms with Crippen LogP contribution in [0.4, 0.5) is 20.2 Å². The van der Waals surface area contributed by atoms with Crippen LogP contribution in [0, 0.1) is 0 Å². The van der Waals surface area contributed by atoms with E-state index < -0.39 is 5.76 Å². The number of nitrogens with one attached hydrogen (secondary N) is 2. The number of rotatable bonds is 8. The van der Waals surface area contributed by atoms with E-state index >= 15 is 0 Å². The van der Waals surface area contributed by atoms with Crippen LogP contribution in [-0.4, -0.2) is 38.1 Å². The number of hydrogen-bond acceptors (Lipinski definition) is 6. The van der Waals surface area contributed by atoms with Gasteiger partial charge in [-0.25, -0.2) is 0 Å². The van der Waals surface area contributed by atoms with Crippen LogP contribution in [0.15, 0.2) is 64.9 Å². The highest BCUT2D eigenvalue weighted by atomic mass is 32.2. The van der Waals surface area contributed by atoms with Crippen molar-refractivity contribution in [2.24, 2.45) is 7.05 Å². The van der Waals surface area contributed by atoms with Gasteiger partial charge in [0.05, 0.1) is 5.75 Å². The van der Waals surface area contributed by atoms with Crippen LogP contribution in [0.3, 0.4) is 0 Å². The quantitative estimate of drug-likeness (QED) is 0.503. The van der Waals surface area contributed by atoms with Crippen LogP contribution in [0.25, 0.3) is 0 Å². The summed E-state index contributed by atoms with van der Waals surface area (Å²) < 4.78 is 26.5. The largest absolute Gasteiger partial charge is 0.325 e. The fraction of sp³-hybridized carbons (Fsp3) is 0.158. The summed E-state index contributed by atoms with van der Waals surface area (Å²) in [5, 5.41) is 13.7. The molecular formula is C19H17F2N5O2S2. The summed E-state index contributed by atoms with van der Waals surface area (Å²) in [6, 6.07) is 12.6. The molecule has 7 nitrogen and oxygen atoms in total. The lowest BCUT2D eigenvalue weighted by Crippen LogP contribution is -2.16. The molecular weight excluding hydrogens is 432 g/mol. The van der Waals surface area contributed by atoms with E-state index in [1.54, 1.807) is 54.3 Å². The number of aromatic nitrogens is 3. The average molecular weight is 450 g/mol. The zero-order valence-electron chi connectivity index (χ0n) is 15.7. The van der Waals surface area contributed by atoms with E-state index in [9.17, 15) is 18.4 Å². The number of halogens is 2. The van der Waals surface area contributed by atoms with Crippen LogP contribution >= 0.6 is 23.5 Å². The number of carbonyl (C=O) groups is 2. The van der Waals surface area contributed by atoms with Crippen molar-refractivity contribution in [3.05, 3.63) is 60.4 Å². The van der Waals surface area contributed by atoms with Crippen molar-refractivity contribution >= 4 is 46.7 Å². The molecule has 156 valence electrons. The second-order valence-electron chi connectivity index (χ2n) is 6.00. The second-order valence-corrected chi connectivity index (χ2v) is 8.01. The fourth-order valence-corrected chi connectivity index (χ4v) is 3.58. The van der Waals surface area contributed by atoms with Crippen LogP contribution in [0.5, 0.6) is 0 Å². The molecule has 30 heavy (non-hydrogen) atoms. The van der Waals surface area contributed by atoms with Crippen molar-refractivity contribution < 1.29 is 18.4 Å². The first-order valence-corrected chi connectivity index (χ1v) is 10.5. The monoisotopic (exact) mass is 449 g/mol. The summed E-state index contributed by atoms with van der Waals surface area (Å²) >= 11 is 1.68. The molecule has 0 unspecified atom stereocenters. The Morgan fingerprint density at radius 2 is 1.87 bits per heavy atom. The lowest BCUT2D eigenvalue weighted by Gasteiger charge is -2.09. The molecule has 0 saturated carbocycles. The van der Waals surface area contributed by atoms with Crippen molar-refractivity contribution in [2.45, 2.75) is 15.8 Å². The predicted molar refractivity (Wildman–Crippen MR) is 113 cm³/mol. The maximum atomic E-state index is 12.5. The first-order valence-electron chi connectivity index (χ1n) is 8.63. The number of thioether (sulfide) groups is 2. The molecule has 0 bridgehead atoms. The molecule has 2 aromatic carbocycles. The molecule has 1 heterocycles. The molecule has 0 spiro atoms. The van der Waals surface area contributed by atoms with Crippen LogP contribution in [0.2, 0.25) is 0 Å². The lowest BCUT2D eigenvalue weighted by molar-refractivity contribution is -0.113. The third-order valence-electron chi connectivity index (χ3n) is 3.75. The standard InChI is InChI=1S/C19H17F2N5O2S2/c1-26-11-22-25-19(26)29-10-16(27)23-14-4-2-3-12(9-14)17(28)24-13-5-7-15(8-6-13)30-18(20)21/h2-9,11,18H,10H2,1H3,(H,23,27)(H,24,28). The lowest BCUT2D eigenvalue weighted by atomic mass is 10.2. The number of aryl methyl sites for hydroxylation is 1. The zero-order valence-corrected chi connectivity index (χ0v) is 17.3.